The van der Waals surface area contributed by atoms with Crippen LogP contribution in [0.5, 0.6) is 0 Å². The minimum Gasteiger partial charge on any atom is -0.453 e. The van der Waals surface area contributed by atoms with Gasteiger partial charge in [0.05, 0.1) is 19.2 Å². The largest absolute Gasteiger partial charge is 0.453 e. The fourth-order valence-electron chi connectivity index (χ4n) is 2.94. The Morgan fingerprint density at radius 2 is 2.00 bits per heavy atom. The van der Waals surface area contributed by atoms with Crippen molar-refractivity contribution >= 4 is 12.0 Å². The van der Waals surface area contributed by atoms with Crippen LogP contribution in [0.4, 0.5) is 13.6 Å². The molecule has 2 aromatic rings. The van der Waals surface area contributed by atoms with E-state index in [1.165, 1.54) is 24.3 Å². The summed E-state index contributed by atoms with van der Waals surface area (Å²) in [6.45, 7) is 0.430. The number of benzene rings is 1. The SMILES string of the molecule is COC(=O)N1CCc2c(cncc2C(=O)NCc2c(F)cccc2F)C1. The van der Waals surface area contributed by atoms with Crippen LogP contribution in [-0.2, 0) is 24.2 Å². The van der Waals surface area contributed by atoms with Crippen LogP contribution in [-0.4, -0.2) is 35.5 Å². The zero-order chi connectivity index (χ0) is 18.7. The van der Waals surface area contributed by atoms with Crippen molar-refractivity contribution < 1.29 is 23.1 Å². The summed E-state index contributed by atoms with van der Waals surface area (Å²) in [6.07, 6.45) is 3.03. The van der Waals surface area contributed by atoms with Crippen molar-refractivity contribution in [1.82, 2.24) is 15.2 Å². The van der Waals surface area contributed by atoms with Crippen molar-refractivity contribution in [2.75, 3.05) is 13.7 Å². The normalized spacial score (nSPS) is 13.1. The highest BCUT2D eigenvalue weighted by Crippen LogP contribution is 2.22. The third kappa shape index (κ3) is 3.49. The van der Waals surface area contributed by atoms with Gasteiger partial charge in [0.1, 0.15) is 11.6 Å². The maximum absolute atomic E-state index is 13.7. The summed E-state index contributed by atoms with van der Waals surface area (Å²) in [5.74, 6) is -1.90. The van der Waals surface area contributed by atoms with Gasteiger partial charge in [-0.15, -0.1) is 0 Å². The molecule has 0 radical (unpaired) electrons. The lowest BCUT2D eigenvalue weighted by atomic mass is 9.97. The fourth-order valence-corrected chi connectivity index (χ4v) is 2.94. The van der Waals surface area contributed by atoms with Crippen LogP contribution >= 0.6 is 0 Å². The number of halogens is 2. The summed E-state index contributed by atoms with van der Waals surface area (Å²) in [5.41, 5.74) is 1.65. The highest BCUT2D eigenvalue weighted by atomic mass is 19.1. The van der Waals surface area contributed by atoms with Crippen molar-refractivity contribution in [3.8, 4) is 0 Å². The molecule has 2 heterocycles. The fraction of sp³-hybridized carbons (Fsp3) is 0.278. The number of amides is 2. The van der Waals surface area contributed by atoms with Crippen LogP contribution in [0.3, 0.4) is 0 Å². The van der Waals surface area contributed by atoms with Gasteiger partial charge in [0.2, 0.25) is 0 Å². The van der Waals surface area contributed by atoms with Gasteiger partial charge in [0.25, 0.3) is 5.91 Å². The molecule has 0 bridgehead atoms. The number of nitrogens with zero attached hydrogens (tertiary/aromatic N) is 2. The molecule has 2 amide bonds. The molecule has 0 spiro atoms. The van der Waals surface area contributed by atoms with Gasteiger partial charge in [-0.05, 0) is 29.7 Å². The van der Waals surface area contributed by atoms with E-state index in [9.17, 15) is 18.4 Å². The summed E-state index contributed by atoms with van der Waals surface area (Å²) < 4.78 is 32.1. The number of hydrogen-bond donors (Lipinski definition) is 1. The minimum absolute atomic E-state index is 0.199. The van der Waals surface area contributed by atoms with Gasteiger partial charge in [0.15, 0.2) is 0 Å². The lowest BCUT2D eigenvalue weighted by Crippen LogP contribution is -2.37. The Morgan fingerprint density at radius 3 is 2.69 bits per heavy atom. The van der Waals surface area contributed by atoms with E-state index in [4.69, 9.17) is 4.74 Å². The molecule has 1 N–H and O–H groups in total. The molecule has 1 aromatic carbocycles. The Balaban J connectivity index is 1.76. The van der Waals surface area contributed by atoms with Crippen LogP contribution in [0, 0.1) is 11.6 Å². The molecule has 0 unspecified atom stereocenters. The first-order valence-corrected chi connectivity index (χ1v) is 8.01. The number of hydrogen-bond acceptors (Lipinski definition) is 4. The second-order valence-electron chi connectivity index (χ2n) is 5.85. The molecule has 1 aliphatic rings. The van der Waals surface area contributed by atoms with Crippen LogP contribution in [0.15, 0.2) is 30.6 Å². The van der Waals surface area contributed by atoms with E-state index in [-0.39, 0.29) is 18.7 Å². The Hall–Kier alpha value is -3.03. The topological polar surface area (TPSA) is 71.5 Å². The van der Waals surface area contributed by atoms with Crippen molar-refractivity contribution in [2.24, 2.45) is 0 Å². The first kappa shape index (κ1) is 17.8. The quantitative estimate of drug-likeness (QED) is 0.911. The standard InChI is InChI=1S/C18H17F2N3O3/c1-26-18(25)23-6-5-12-11(10-23)7-21-8-13(12)17(24)22-9-14-15(19)3-2-4-16(14)20/h2-4,7-8H,5-6,9-10H2,1H3,(H,22,24). The number of fused-ring (bicyclic) bond motifs is 1. The van der Waals surface area contributed by atoms with Gasteiger partial charge in [-0.1, -0.05) is 6.07 Å². The molecule has 0 saturated carbocycles. The van der Waals surface area contributed by atoms with Crippen molar-refractivity contribution in [1.29, 1.82) is 0 Å². The Bertz CT molecular complexity index is 837. The average molecular weight is 361 g/mol. The third-order valence-electron chi connectivity index (χ3n) is 4.30. The molecule has 6 nitrogen and oxygen atoms in total. The van der Waals surface area contributed by atoms with E-state index in [1.54, 1.807) is 6.20 Å². The molecule has 0 atom stereocenters. The maximum Gasteiger partial charge on any atom is 0.409 e. The number of ether oxygens (including phenoxy) is 1. The molecule has 136 valence electrons. The summed E-state index contributed by atoms with van der Waals surface area (Å²) >= 11 is 0. The molecule has 26 heavy (non-hydrogen) atoms. The van der Waals surface area contributed by atoms with E-state index >= 15 is 0 Å². The zero-order valence-corrected chi connectivity index (χ0v) is 14.1. The van der Waals surface area contributed by atoms with Gasteiger partial charge < -0.3 is 15.0 Å². The first-order valence-electron chi connectivity index (χ1n) is 8.01. The van der Waals surface area contributed by atoms with Gasteiger partial charge in [-0.3, -0.25) is 9.78 Å². The van der Waals surface area contributed by atoms with Crippen LogP contribution in [0.1, 0.15) is 27.0 Å². The lowest BCUT2D eigenvalue weighted by molar-refractivity contribution is 0.0947. The minimum atomic E-state index is -0.716. The Labute approximate surface area is 148 Å². The second-order valence-corrected chi connectivity index (χ2v) is 5.85. The van der Waals surface area contributed by atoms with E-state index in [0.29, 0.717) is 18.5 Å². The van der Waals surface area contributed by atoms with Gasteiger partial charge in [0, 0.05) is 31.0 Å². The van der Waals surface area contributed by atoms with Gasteiger partial charge in [-0.25, -0.2) is 13.6 Å². The summed E-state index contributed by atoms with van der Waals surface area (Å²) in [7, 11) is 1.31. The Morgan fingerprint density at radius 1 is 1.27 bits per heavy atom. The van der Waals surface area contributed by atoms with Crippen molar-refractivity contribution in [2.45, 2.75) is 19.5 Å². The molecular formula is C18H17F2N3O3. The Kier molecular flexibility index (Phi) is 5.11. The monoisotopic (exact) mass is 361 g/mol. The molecule has 0 aliphatic carbocycles. The van der Waals surface area contributed by atoms with Crippen LogP contribution in [0.25, 0.3) is 0 Å². The molecule has 1 aliphatic heterocycles. The van der Waals surface area contributed by atoms with E-state index in [2.05, 4.69) is 10.3 Å². The van der Waals surface area contributed by atoms with E-state index in [0.717, 1.165) is 23.3 Å². The molecule has 0 fully saturated rings. The van der Waals surface area contributed by atoms with E-state index < -0.39 is 23.6 Å². The predicted molar refractivity (Wildman–Crippen MR) is 88.3 cm³/mol. The zero-order valence-electron chi connectivity index (χ0n) is 14.1. The highest BCUT2D eigenvalue weighted by Gasteiger charge is 2.25. The van der Waals surface area contributed by atoms with Crippen molar-refractivity contribution in [3.05, 3.63) is 64.5 Å². The number of nitrogens with one attached hydrogen (secondary N) is 1. The van der Waals surface area contributed by atoms with Gasteiger partial charge >= 0.3 is 6.09 Å². The molecular weight excluding hydrogens is 344 g/mol. The van der Waals surface area contributed by atoms with E-state index in [1.807, 2.05) is 0 Å². The smallest absolute Gasteiger partial charge is 0.409 e. The summed E-state index contributed by atoms with van der Waals surface area (Å²) in [5, 5.41) is 2.53. The molecule has 1 aromatic heterocycles. The first-order chi connectivity index (χ1) is 12.5. The average Bonchev–Trinajstić information content (AvgIpc) is 2.65. The van der Waals surface area contributed by atoms with Gasteiger partial charge in [-0.2, -0.15) is 0 Å². The summed E-state index contributed by atoms with van der Waals surface area (Å²) in [6, 6.07) is 3.54. The number of pyridine rings is 1. The number of carbonyl (C=O) groups is 2. The molecule has 3 rings (SSSR count). The number of aromatic nitrogens is 1. The second kappa shape index (κ2) is 7.47. The summed E-state index contributed by atoms with van der Waals surface area (Å²) in [4.78, 5) is 29.7. The van der Waals surface area contributed by atoms with Crippen LogP contribution < -0.4 is 5.32 Å². The van der Waals surface area contributed by atoms with Crippen LogP contribution in [0.2, 0.25) is 0 Å². The maximum atomic E-state index is 13.7. The molecule has 8 heteroatoms. The molecule has 0 saturated heterocycles. The predicted octanol–water partition coefficient (Wildman–Crippen LogP) is 2.41. The third-order valence-corrected chi connectivity index (χ3v) is 4.30. The van der Waals surface area contributed by atoms with Crippen molar-refractivity contribution in [3.63, 3.8) is 0 Å². The number of rotatable bonds is 3. The number of carbonyl (C=O) groups excluding carboxylic acids is 2. The lowest BCUT2D eigenvalue weighted by Gasteiger charge is -2.28. The highest BCUT2D eigenvalue weighted by molar-refractivity contribution is 5.95. The number of methoxy groups -OCH3 is 1.